The van der Waals surface area contributed by atoms with Crippen LogP contribution in [0.15, 0.2) is 0 Å². The molecule has 0 aliphatic rings. The van der Waals surface area contributed by atoms with Crippen LogP contribution in [0.1, 0.15) is 6.42 Å². The Morgan fingerprint density at radius 1 is 1.44 bits per heavy atom. The van der Waals surface area contributed by atoms with Gasteiger partial charge in [0.25, 0.3) is 0 Å². The largest absolute Gasteiger partial charge is 0.480 e. The maximum atomic E-state index is 11.1. The number of hydrogen-bond acceptors (Lipinski definition) is 5. The van der Waals surface area contributed by atoms with Crippen molar-refractivity contribution in [1.29, 1.82) is 0 Å². The summed E-state index contributed by atoms with van der Waals surface area (Å²) >= 11 is 1.22. The molecule has 0 aliphatic carbocycles. The maximum Gasteiger partial charge on any atom is 0.321 e. The van der Waals surface area contributed by atoms with Gasteiger partial charge < -0.3 is 16.2 Å². The standard InChI is InChI=1S/C8H15N3O4S/c1-10-8(15)11-6(12)4-16-3-2-5(9)7(13)14/h5H,2-4,9H2,1H3,(H,13,14)(H2,10,11,12,15). The van der Waals surface area contributed by atoms with Gasteiger partial charge in [0.2, 0.25) is 5.91 Å². The minimum atomic E-state index is -1.06. The number of thioether (sulfide) groups is 1. The predicted molar refractivity (Wildman–Crippen MR) is 60.2 cm³/mol. The molecule has 0 heterocycles. The number of nitrogens with two attached hydrogens (primary N) is 1. The summed E-state index contributed by atoms with van der Waals surface area (Å²) in [6.07, 6.45) is 0.285. The van der Waals surface area contributed by atoms with Crippen molar-refractivity contribution in [3.8, 4) is 0 Å². The van der Waals surface area contributed by atoms with E-state index in [1.807, 2.05) is 0 Å². The van der Waals surface area contributed by atoms with Crippen molar-refractivity contribution in [3.05, 3.63) is 0 Å². The van der Waals surface area contributed by atoms with E-state index in [2.05, 4.69) is 10.6 Å². The van der Waals surface area contributed by atoms with Crippen LogP contribution in [0.2, 0.25) is 0 Å². The molecule has 0 aliphatic heterocycles. The minimum Gasteiger partial charge on any atom is -0.480 e. The molecule has 1 atom stereocenters. The average Bonchev–Trinajstić information content (AvgIpc) is 2.23. The summed E-state index contributed by atoms with van der Waals surface area (Å²) in [5.41, 5.74) is 5.26. The summed E-state index contributed by atoms with van der Waals surface area (Å²) in [5, 5.41) is 12.8. The molecule has 0 saturated heterocycles. The summed E-state index contributed by atoms with van der Waals surface area (Å²) in [7, 11) is 1.40. The lowest BCUT2D eigenvalue weighted by Gasteiger charge is -2.05. The molecule has 0 aromatic carbocycles. The van der Waals surface area contributed by atoms with Crippen LogP contribution in [0.5, 0.6) is 0 Å². The molecule has 0 radical (unpaired) electrons. The number of carbonyl (C=O) groups is 3. The summed E-state index contributed by atoms with van der Waals surface area (Å²) in [6, 6.07) is -1.47. The maximum absolute atomic E-state index is 11.1. The fraction of sp³-hybridized carbons (Fsp3) is 0.625. The number of nitrogens with one attached hydrogen (secondary N) is 2. The van der Waals surface area contributed by atoms with Crippen molar-refractivity contribution < 1.29 is 19.5 Å². The number of rotatable bonds is 6. The number of hydrogen-bond donors (Lipinski definition) is 4. The van der Waals surface area contributed by atoms with Crippen LogP contribution < -0.4 is 16.4 Å². The smallest absolute Gasteiger partial charge is 0.321 e. The van der Waals surface area contributed by atoms with Gasteiger partial charge in [-0.1, -0.05) is 0 Å². The second-order valence-corrected chi connectivity index (χ2v) is 4.02. The third-order valence-corrected chi connectivity index (χ3v) is 2.59. The summed E-state index contributed by atoms with van der Waals surface area (Å²) in [5.74, 6) is -0.933. The molecule has 92 valence electrons. The fourth-order valence-electron chi connectivity index (χ4n) is 0.724. The molecule has 3 amide bonds. The number of carboxylic acid groups (broad SMARTS) is 1. The van der Waals surface area contributed by atoms with Gasteiger partial charge in [0.1, 0.15) is 6.04 Å². The highest BCUT2D eigenvalue weighted by atomic mass is 32.2. The van der Waals surface area contributed by atoms with E-state index in [0.717, 1.165) is 0 Å². The number of imide groups is 1. The molecule has 0 rings (SSSR count). The third kappa shape index (κ3) is 7.07. The lowest BCUT2D eigenvalue weighted by atomic mass is 10.2. The van der Waals surface area contributed by atoms with Crippen molar-refractivity contribution >= 4 is 29.7 Å². The minimum absolute atomic E-state index is 0.0970. The normalized spacial score (nSPS) is 11.6. The SMILES string of the molecule is CNC(=O)NC(=O)CSCCC(N)C(=O)O. The fourth-order valence-corrected chi connectivity index (χ4v) is 1.55. The molecule has 5 N–H and O–H groups in total. The van der Waals surface area contributed by atoms with E-state index < -0.39 is 23.9 Å². The van der Waals surface area contributed by atoms with Crippen molar-refractivity contribution in [3.63, 3.8) is 0 Å². The van der Waals surface area contributed by atoms with Crippen LogP contribution >= 0.6 is 11.8 Å². The zero-order chi connectivity index (χ0) is 12.6. The van der Waals surface area contributed by atoms with Crippen LogP contribution in [-0.4, -0.2) is 47.6 Å². The van der Waals surface area contributed by atoms with Crippen molar-refractivity contribution in [2.75, 3.05) is 18.6 Å². The van der Waals surface area contributed by atoms with Gasteiger partial charge in [-0.2, -0.15) is 11.8 Å². The van der Waals surface area contributed by atoms with Gasteiger partial charge >= 0.3 is 12.0 Å². The van der Waals surface area contributed by atoms with Gasteiger partial charge in [0, 0.05) is 7.05 Å². The molecule has 1 unspecified atom stereocenters. The van der Waals surface area contributed by atoms with Gasteiger partial charge in [-0.05, 0) is 12.2 Å². The molecule has 8 heteroatoms. The van der Waals surface area contributed by atoms with E-state index in [-0.39, 0.29) is 12.2 Å². The van der Waals surface area contributed by atoms with E-state index >= 15 is 0 Å². The highest BCUT2D eigenvalue weighted by Gasteiger charge is 2.11. The number of carboxylic acids is 1. The first-order valence-corrected chi connectivity index (χ1v) is 5.70. The summed E-state index contributed by atoms with van der Waals surface area (Å²) < 4.78 is 0. The van der Waals surface area contributed by atoms with Gasteiger partial charge in [0.05, 0.1) is 5.75 Å². The Balaban J connectivity index is 3.55. The number of carbonyl (C=O) groups excluding carboxylic acids is 2. The van der Waals surface area contributed by atoms with Crippen LogP contribution in [-0.2, 0) is 9.59 Å². The van der Waals surface area contributed by atoms with E-state index in [9.17, 15) is 14.4 Å². The third-order valence-electron chi connectivity index (χ3n) is 1.60. The molecule has 0 spiro atoms. The Labute approximate surface area is 97.1 Å². The molecule has 0 fully saturated rings. The molecule has 0 bridgehead atoms. The second kappa shape index (κ2) is 7.94. The Bertz CT molecular complexity index is 272. The van der Waals surface area contributed by atoms with Crippen LogP contribution in [0.3, 0.4) is 0 Å². The van der Waals surface area contributed by atoms with Gasteiger partial charge in [0.15, 0.2) is 0 Å². The molecular formula is C8H15N3O4S. The van der Waals surface area contributed by atoms with E-state index in [1.54, 1.807) is 0 Å². The lowest BCUT2D eigenvalue weighted by molar-refractivity contribution is -0.138. The lowest BCUT2D eigenvalue weighted by Crippen LogP contribution is -2.38. The molecule has 7 nitrogen and oxygen atoms in total. The Kier molecular flexibility index (Phi) is 7.31. The van der Waals surface area contributed by atoms with Gasteiger partial charge in [-0.15, -0.1) is 0 Å². The second-order valence-electron chi connectivity index (χ2n) is 2.91. The molecule has 0 aromatic rings. The number of aliphatic carboxylic acids is 1. The predicted octanol–water partition coefficient (Wildman–Crippen LogP) is -1.02. The quantitative estimate of drug-likeness (QED) is 0.447. The Morgan fingerprint density at radius 2 is 2.06 bits per heavy atom. The number of urea groups is 1. The van der Waals surface area contributed by atoms with Crippen molar-refractivity contribution in [1.82, 2.24) is 10.6 Å². The zero-order valence-corrected chi connectivity index (χ0v) is 9.67. The molecular weight excluding hydrogens is 234 g/mol. The Morgan fingerprint density at radius 3 is 2.56 bits per heavy atom. The van der Waals surface area contributed by atoms with Crippen molar-refractivity contribution in [2.45, 2.75) is 12.5 Å². The van der Waals surface area contributed by atoms with E-state index in [4.69, 9.17) is 10.8 Å². The first-order valence-electron chi connectivity index (χ1n) is 4.55. The van der Waals surface area contributed by atoms with Crippen LogP contribution in [0.4, 0.5) is 4.79 Å². The van der Waals surface area contributed by atoms with Crippen molar-refractivity contribution in [2.24, 2.45) is 5.73 Å². The highest BCUT2D eigenvalue weighted by Crippen LogP contribution is 2.03. The monoisotopic (exact) mass is 249 g/mol. The number of amides is 3. The van der Waals surface area contributed by atoms with Gasteiger partial charge in [-0.25, -0.2) is 4.79 Å². The molecule has 16 heavy (non-hydrogen) atoms. The average molecular weight is 249 g/mol. The topological polar surface area (TPSA) is 122 Å². The van der Waals surface area contributed by atoms with Crippen LogP contribution in [0.25, 0.3) is 0 Å². The summed E-state index contributed by atoms with van der Waals surface area (Å²) in [4.78, 5) is 32.1. The summed E-state index contributed by atoms with van der Waals surface area (Å²) in [6.45, 7) is 0. The molecule has 0 saturated carbocycles. The van der Waals surface area contributed by atoms with Gasteiger partial charge in [-0.3, -0.25) is 14.9 Å². The zero-order valence-electron chi connectivity index (χ0n) is 8.86. The van der Waals surface area contributed by atoms with Crippen LogP contribution in [0, 0.1) is 0 Å². The molecule has 0 aromatic heterocycles. The van der Waals surface area contributed by atoms with E-state index in [1.165, 1.54) is 18.8 Å². The highest BCUT2D eigenvalue weighted by molar-refractivity contribution is 7.99. The first-order chi connectivity index (χ1) is 7.47. The van der Waals surface area contributed by atoms with E-state index in [0.29, 0.717) is 5.75 Å². The first kappa shape index (κ1) is 14.7. The Hall–Kier alpha value is -1.28.